The Balaban J connectivity index is 0.000000306. The molecule has 0 saturated carbocycles. The standard InChI is InChI=1S/C24H40N2O3.C23H38N2O3/c1-15(2)28-22(27)21(29-23(6,7)8)19-18(5)25-17(4)16(3)20(19)26-13-11-24(9,10)12-14-26;1-15(2)27-21(26)20(28-22(5,6)7)19-17(4)24-16(3)14-18(19)25-12-10-23(8,9)11-13-25/h15,21H,11-14H2,1-10H3;14-15,20H,10-13H2,1-9H3/t21-;20-/m00/s1. The zero-order valence-corrected chi connectivity index (χ0v) is 39.3. The van der Waals surface area contributed by atoms with Crippen LogP contribution in [0.3, 0.4) is 0 Å². The fourth-order valence-corrected chi connectivity index (χ4v) is 7.50. The van der Waals surface area contributed by atoms with E-state index in [1.54, 1.807) is 0 Å². The second kappa shape index (κ2) is 18.8. The largest absolute Gasteiger partial charge is 0.461 e. The number of anilines is 2. The van der Waals surface area contributed by atoms with E-state index in [1.165, 1.54) is 0 Å². The third-order valence-corrected chi connectivity index (χ3v) is 10.7. The van der Waals surface area contributed by atoms with Gasteiger partial charge >= 0.3 is 11.9 Å². The molecule has 0 radical (unpaired) electrons. The zero-order chi connectivity index (χ0) is 43.4. The van der Waals surface area contributed by atoms with Crippen molar-refractivity contribution in [1.29, 1.82) is 0 Å². The van der Waals surface area contributed by atoms with E-state index in [2.05, 4.69) is 55.5 Å². The number of hydrogen-bond acceptors (Lipinski definition) is 10. The number of ether oxygens (including phenoxy) is 4. The molecular weight excluding hydrogens is 717 g/mol. The molecule has 0 N–H and O–H groups in total. The number of rotatable bonds is 10. The van der Waals surface area contributed by atoms with Gasteiger partial charge in [0.1, 0.15) is 0 Å². The van der Waals surface area contributed by atoms with Crippen molar-refractivity contribution in [2.45, 2.75) is 193 Å². The lowest BCUT2D eigenvalue weighted by atomic mass is 9.82. The molecule has 2 aromatic heterocycles. The van der Waals surface area contributed by atoms with Gasteiger partial charge in [-0.3, -0.25) is 9.97 Å². The first-order valence-corrected chi connectivity index (χ1v) is 21.2. The van der Waals surface area contributed by atoms with Gasteiger partial charge in [0.05, 0.1) is 23.4 Å². The van der Waals surface area contributed by atoms with Crippen molar-refractivity contribution in [3.8, 4) is 0 Å². The van der Waals surface area contributed by atoms with Gasteiger partial charge in [-0.2, -0.15) is 0 Å². The second-order valence-electron chi connectivity index (χ2n) is 20.4. The van der Waals surface area contributed by atoms with E-state index in [0.717, 1.165) is 103 Å². The van der Waals surface area contributed by atoms with Crippen molar-refractivity contribution in [3.63, 3.8) is 0 Å². The molecule has 4 rings (SSSR count). The third-order valence-electron chi connectivity index (χ3n) is 10.7. The number of nitrogens with zero attached hydrogens (tertiary/aromatic N) is 4. The highest BCUT2D eigenvalue weighted by Crippen LogP contribution is 2.42. The highest BCUT2D eigenvalue weighted by Gasteiger charge is 2.38. The summed E-state index contributed by atoms with van der Waals surface area (Å²) in [4.78, 5) is 40.3. The first kappa shape index (κ1) is 48.1. The first-order chi connectivity index (χ1) is 26.0. The monoisotopic (exact) mass is 795 g/mol. The van der Waals surface area contributed by atoms with Crippen LogP contribution in [0.2, 0.25) is 0 Å². The van der Waals surface area contributed by atoms with Gasteiger partial charge in [-0.25, -0.2) is 9.59 Å². The van der Waals surface area contributed by atoms with Crippen LogP contribution in [0.25, 0.3) is 0 Å². The fourth-order valence-electron chi connectivity index (χ4n) is 7.50. The number of esters is 2. The number of aromatic nitrogens is 2. The molecule has 0 amide bonds. The molecule has 0 spiro atoms. The molecule has 10 heteroatoms. The van der Waals surface area contributed by atoms with Gasteiger partial charge in [-0.05, 0) is 152 Å². The summed E-state index contributed by atoms with van der Waals surface area (Å²) in [5.74, 6) is -0.695. The minimum absolute atomic E-state index is 0.198. The van der Waals surface area contributed by atoms with Gasteiger partial charge < -0.3 is 28.7 Å². The molecule has 57 heavy (non-hydrogen) atoms. The van der Waals surface area contributed by atoms with Crippen LogP contribution in [0.15, 0.2) is 6.07 Å². The maximum Gasteiger partial charge on any atom is 0.340 e. The molecule has 0 bridgehead atoms. The number of piperidine rings is 2. The van der Waals surface area contributed by atoms with Gasteiger partial charge in [0, 0.05) is 71.5 Å². The van der Waals surface area contributed by atoms with Crippen molar-refractivity contribution in [2.75, 3.05) is 36.0 Å². The maximum absolute atomic E-state index is 13.1. The molecule has 2 aliphatic heterocycles. The van der Waals surface area contributed by atoms with Crippen LogP contribution in [-0.2, 0) is 28.5 Å². The first-order valence-electron chi connectivity index (χ1n) is 21.2. The summed E-state index contributed by atoms with van der Waals surface area (Å²) in [7, 11) is 0. The Labute approximate surface area is 346 Å². The Kier molecular flexibility index (Phi) is 15.9. The van der Waals surface area contributed by atoms with Gasteiger partial charge in [0.15, 0.2) is 12.2 Å². The molecule has 0 aliphatic carbocycles. The van der Waals surface area contributed by atoms with E-state index in [1.807, 2.05) is 96.9 Å². The average molecular weight is 795 g/mol. The molecule has 322 valence electrons. The van der Waals surface area contributed by atoms with E-state index < -0.39 is 23.4 Å². The van der Waals surface area contributed by atoms with Gasteiger partial charge in [-0.1, -0.05) is 27.7 Å². The summed E-state index contributed by atoms with van der Waals surface area (Å²) in [6.45, 7) is 42.5. The molecule has 2 aliphatic rings. The van der Waals surface area contributed by atoms with Gasteiger partial charge in [0.2, 0.25) is 0 Å². The predicted octanol–water partition coefficient (Wildman–Crippen LogP) is 10.6. The third kappa shape index (κ3) is 13.9. The lowest BCUT2D eigenvalue weighted by Crippen LogP contribution is -2.39. The summed E-state index contributed by atoms with van der Waals surface area (Å²) in [6, 6.07) is 2.09. The number of carbonyl (C=O) groups is 2. The van der Waals surface area contributed by atoms with Crippen LogP contribution in [0.5, 0.6) is 0 Å². The van der Waals surface area contributed by atoms with Gasteiger partial charge in [-0.15, -0.1) is 0 Å². The highest BCUT2D eigenvalue weighted by molar-refractivity contribution is 5.82. The number of hydrogen-bond donors (Lipinski definition) is 0. The van der Waals surface area contributed by atoms with E-state index in [9.17, 15) is 9.59 Å². The minimum Gasteiger partial charge on any atom is -0.461 e. The Bertz CT molecular complexity index is 1680. The van der Waals surface area contributed by atoms with E-state index >= 15 is 0 Å². The molecule has 0 aromatic carbocycles. The molecule has 2 atom stereocenters. The number of aryl methyl sites for hydroxylation is 4. The fraction of sp³-hybridized carbons (Fsp3) is 0.745. The number of pyridine rings is 2. The van der Waals surface area contributed by atoms with Crippen molar-refractivity contribution in [2.24, 2.45) is 10.8 Å². The van der Waals surface area contributed by atoms with Crippen LogP contribution in [0, 0.1) is 45.4 Å². The van der Waals surface area contributed by atoms with Crippen LogP contribution in [0.1, 0.15) is 174 Å². The smallest absolute Gasteiger partial charge is 0.340 e. The van der Waals surface area contributed by atoms with Crippen molar-refractivity contribution < 1.29 is 28.5 Å². The normalized spacial score (nSPS) is 18.2. The Morgan fingerprint density at radius 2 is 1.00 bits per heavy atom. The maximum atomic E-state index is 13.1. The SMILES string of the molecule is Cc1cc(N2CCC(C)(C)CC2)c([C@H](OC(C)(C)C)C(=O)OC(C)C)c(C)n1.Cc1nc(C)c([C@H](OC(C)(C)C)C(=O)OC(C)C)c(N2CCC(C)(C)CC2)c1C. The van der Waals surface area contributed by atoms with E-state index in [4.69, 9.17) is 23.9 Å². The van der Waals surface area contributed by atoms with Crippen molar-refractivity contribution in [1.82, 2.24) is 9.97 Å². The van der Waals surface area contributed by atoms with Crippen LogP contribution < -0.4 is 9.80 Å². The summed E-state index contributed by atoms with van der Waals surface area (Å²) in [6.07, 6.45) is 2.49. The highest BCUT2D eigenvalue weighted by atomic mass is 16.6. The average Bonchev–Trinajstić information content (AvgIpc) is 3.03. The predicted molar refractivity (Wildman–Crippen MR) is 232 cm³/mol. The topological polar surface area (TPSA) is 103 Å². The zero-order valence-electron chi connectivity index (χ0n) is 39.3. The summed E-state index contributed by atoms with van der Waals surface area (Å²) in [5.41, 5.74) is 8.29. The lowest BCUT2D eigenvalue weighted by Gasteiger charge is -2.41. The number of carbonyl (C=O) groups excluding carboxylic acids is 2. The minimum atomic E-state index is -0.797. The van der Waals surface area contributed by atoms with Crippen LogP contribution in [-0.4, -0.2) is 71.5 Å². The molecular formula is C47H78N4O6. The molecule has 10 nitrogen and oxygen atoms in total. The van der Waals surface area contributed by atoms with Crippen LogP contribution in [0.4, 0.5) is 11.4 Å². The molecule has 2 fully saturated rings. The van der Waals surface area contributed by atoms with Crippen molar-refractivity contribution in [3.05, 3.63) is 45.5 Å². The molecule has 2 aromatic rings. The Morgan fingerprint density at radius 3 is 1.40 bits per heavy atom. The summed E-state index contributed by atoms with van der Waals surface area (Å²) in [5, 5.41) is 0. The summed E-state index contributed by atoms with van der Waals surface area (Å²) >= 11 is 0. The lowest BCUT2D eigenvalue weighted by molar-refractivity contribution is -0.171. The Morgan fingerprint density at radius 1 is 0.614 bits per heavy atom. The van der Waals surface area contributed by atoms with Crippen molar-refractivity contribution >= 4 is 23.3 Å². The quantitative estimate of drug-likeness (QED) is 0.216. The molecule has 2 saturated heterocycles. The molecule has 0 unspecified atom stereocenters. The van der Waals surface area contributed by atoms with Gasteiger partial charge in [0.25, 0.3) is 0 Å². The second-order valence-corrected chi connectivity index (χ2v) is 20.4. The Hall–Kier alpha value is -3.24. The molecule has 4 heterocycles. The summed E-state index contributed by atoms with van der Waals surface area (Å²) < 4.78 is 23.7. The van der Waals surface area contributed by atoms with Crippen LogP contribution >= 0.6 is 0 Å². The van der Waals surface area contributed by atoms with E-state index in [-0.39, 0.29) is 24.1 Å². The van der Waals surface area contributed by atoms with E-state index in [0.29, 0.717) is 10.8 Å².